The second-order valence-corrected chi connectivity index (χ2v) is 14.9. The summed E-state index contributed by atoms with van der Waals surface area (Å²) in [6, 6.07) is 32.4. The van der Waals surface area contributed by atoms with Crippen molar-refractivity contribution in [3.63, 3.8) is 0 Å². The van der Waals surface area contributed by atoms with Gasteiger partial charge in [0.15, 0.2) is 0 Å². The van der Waals surface area contributed by atoms with Crippen molar-refractivity contribution in [3.05, 3.63) is 130 Å². The van der Waals surface area contributed by atoms with Gasteiger partial charge in [-0.1, -0.05) is 78.9 Å². The maximum Gasteiger partial charge on any atom is 0.411 e. The number of nitrogens with zero attached hydrogens (tertiary/aromatic N) is 2. The number of para-hydroxylation sites is 1. The Morgan fingerprint density at radius 3 is 2.38 bits per heavy atom. The summed E-state index contributed by atoms with van der Waals surface area (Å²) in [7, 11) is 1.79. The third kappa shape index (κ3) is 9.43. The number of hydrogen-bond acceptors (Lipinski definition) is 8. The summed E-state index contributed by atoms with van der Waals surface area (Å²) in [6.07, 6.45) is 1.51. The first kappa shape index (κ1) is 37.8. The molecule has 0 bridgehead atoms. The molecule has 1 aliphatic carbocycles. The van der Waals surface area contributed by atoms with Crippen LogP contribution in [0.25, 0.3) is 22.0 Å². The highest BCUT2D eigenvalue weighted by molar-refractivity contribution is 5.91. The average Bonchev–Trinajstić information content (AvgIpc) is 3.74. The van der Waals surface area contributed by atoms with Crippen molar-refractivity contribution in [1.29, 1.82) is 0 Å². The van der Waals surface area contributed by atoms with Crippen LogP contribution < -0.4 is 16.2 Å². The number of aromatic hydroxyl groups is 1. The summed E-state index contributed by atoms with van der Waals surface area (Å²) < 4.78 is 5.91. The molecule has 4 atom stereocenters. The molecule has 0 spiro atoms. The van der Waals surface area contributed by atoms with Crippen LogP contribution in [0.5, 0.6) is 5.75 Å². The number of likely N-dealkylation sites (N-methyl/N-ethyl adjacent to an activating group) is 1. The molecule has 1 saturated carbocycles. The number of aromatic nitrogens is 1. The Morgan fingerprint density at radius 1 is 0.909 bits per heavy atom. The predicted molar refractivity (Wildman–Crippen MR) is 214 cm³/mol. The molecule has 1 aliphatic heterocycles. The number of H-pyrrole nitrogens is 1. The minimum Gasteiger partial charge on any atom is -0.506 e. The van der Waals surface area contributed by atoms with Crippen LogP contribution in [0.2, 0.25) is 0 Å². The van der Waals surface area contributed by atoms with E-state index in [9.17, 15) is 24.6 Å². The number of amides is 2. The van der Waals surface area contributed by atoms with Crippen LogP contribution in [0.1, 0.15) is 42.1 Å². The number of carbonyl (C=O) groups excluding carboxylic acids is 2. The highest BCUT2D eigenvalue weighted by Crippen LogP contribution is 2.40. The minimum atomic E-state index is -0.856. The van der Waals surface area contributed by atoms with Gasteiger partial charge in [-0.25, -0.2) is 4.79 Å². The van der Waals surface area contributed by atoms with Gasteiger partial charge in [0.2, 0.25) is 11.5 Å². The van der Waals surface area contributed by atoms with E-state index < -0.39 is 12.2 Å². The van der Waals surface area contributed by atoms with Crippen molar-refractivity contribution < 1.29 is 24.5 Å². The van der Waals surface area contributed by atoms with E-state index in [1.54, 1.807) is 24.1 Å². The highest BCUT2D eigenvalue weighted by Gasteiger charge is 2.42. The fourth-order valence-corrected chi connectivity index (χ4v) is 8.10. The van der Waals surface area contributed by atoms with Crippen molar-refractivity contribution in [2.24, 2.45) is 11.8 Å². The van der Waals surface area contributed by atoms with Gasteiger partial charge in [-0.05, 0) is 71.6 Å². The van der Waals surface area contributed by atoms with Crippen molar-refractivity contribution >= 4 is 28.6 Å². The Labute approximate surface area is 321 Å². The largest absolute Gasteiger partial charge is 0.506 e. The standard InChI is InChI=1S/C44H49N5O6/c1-48(22-21-45-25-40(51)36-16-18-39(50)43-37(36)17-19-41(52)47-43)42(53)20-15-29-11-13-30(14-12-29)26-49-27-32-23-34(24-33(32)28-49)55-44(54)46-38-10-6-5-9-35(38)31-7-3-2-4-8-31/h2-14,16-19,32-34,40,45,50-51H,15,20-28H2,1H3,(H,46,54)(H,47,52)/t32-,33+,34?,40-/m0/s1. The fourth-order valence-electron chi connectivity index (χ4n) is 8.10. The van der Waals surface area contributed by atoms with Crippen LogP contribution >= 0.6 is 0 Å². The lowest BCUT2D eigenvalue weighted by molar-refractivity contribution is -0.129. The van der Waals surface area contributed by atoms with Gasteiger partial charge in [0, 0.05) is 69.8 Å². The number of anilines is 1. The molecular formula is C44H49N5O6. The van der Waals surface area contributed by atoms with Crippen LogP contribution in [0.4, 0.5) is 10.5 Å². The summed E-state index contributed by atoms with van der Waals surface area (Å²) in [4.78, 5) is 44.2. The molecule has 2 amide bonds. The van der Waals surface area contributed by atoms with E-state index in [0.29, 0.717) is 54.2 Å². The van der Waals surface area contributed by atoms with Gasteiger partial charge in [-0.2, -0.15) is 0 Å². The molecule has 286 valence electrons. The molecule has 55 heavy (non-hydrogen) atoms. The number of phenolic OH excluding ortho intramolecular Hbond substituents is 1. The van der Waals surface area contributed by atoms with Crippen molar-refractivity contribution in [2.75, 3.05) is 45.1 Å². The molecule has 5 aromatic rings. The number of benzene rings is 4. The molecular weight excluding hydrogens is 695 g/mol. The third-order valence-electron chi connectivity index (χ3n) is 11.0. The summed E-state index contributed by atoms with van der Waals surface area (Å²) in [5, 5.41) is 27.6. The molecule has 1 unspecified atom stereocenters. The number of aryl methyl sites for hydroxylation is 1. The Morgan fingerprint density at radius 2 is 1.62 bits per heavy atom. The van der Waals surface area contributed by atoms with Crippen LogP contribution in [0, 0.1) is 11.8 Å². The molecule has 11 heteroatoms. The first-order valence-corrected chi connectivity index (χ1v) is 19.1. The molecule has 2 aliphatic rings. The number of carbonyl (C=O) groups is 2. The maximum absolute atomic E-state index is 12.9. The smallest absolute Gasteiger partial charge is 0.411 e. The lowest BCUT2D eigenvalue weighted by atomic mass is 10.0. The monoisotopic (exact) mass is 743 g/mol. The molecule has 4 aromatic carbocycles. The second kappa shape index (κ2) is 17.3. The van der Waals surface area contributed by atoms with Gasteiger partial charge in [-0.15, -0.1) is 0 Å². The summed E-state index contributed by atoms with van der Waals surface area (Å²) in [6.45, 7) is 4.12. The van der Waals surface area contributed by atoms with E-state index in [-0.39, 0.29) is 29.9 Å². The van der Waals surface area contributed by atoms with Gasteiger partial charge in [0.25, 0.3) is 0 Å². The minimum absolute atomic E-state index is 0.0508. The zero-order valence-corrected chi connectivity index (χ0v) is 31.1. The average molecular weight is 744 g/mol. The topological polar surface area (TPSA) is 147 Å². The van der Waals surface area contributed by atoms with Crippen molar-refractivity contribution in [2.45, 2.75) is 44.4 Å². The summed E-state index contributed by atoms with van der Waals surface area (Å²) in [5.41, 5.74) is 5.69. The zero-order chi connectivity index (χ0) is 38.3. The number of fused-ring (bicyclic) bond motifs is 2. The van der Waals surface area contributed by atoms with Gasteiger partial charge >= 0.3 is 6.09 Å². The van der Waals surface area contributed by atoms with Gasteiger partial charge in [-0.3, -0.25) is 19.8 Å². The Balaban J connectivity index is 0.791. The van der Waals surface area contributed by atoms with E-state index in [1.807, 2.05) is 54.6 Å². The zero-order valence-electron chi connectivity index (χ0n) is 31.1. The van der Waals surface area contributed by atoms with E-state index >= 15 is 0 Å². The first-order valence-electron chi connectivity index (χ1n) is 19.1. The molecule has 1 saturated heterocycles. The second-order valence-electron chi connectivity index (χ2n) is 14.9. The van der Waals surface area contributed by atoms with Gasteiger partial charge in [0.05, 0.1) is 17.3 Å². The summed E-state index contributed by atoms with van der Waals surface area (Å²) >= 11 is 0. The molecule has 7 rings (SSSR count). The number of pyridine rings is 1. The molecule has 2 heterocycles. The highest BCUT2D eigenvalue weighted by atomic mass is 16.6. The van der Waals surface area contributed by atoms with Gasteiger partial charge in [0.1, 0.15) is 11.9 Å². The van der Waals surface area contributed by atoms with E-state index in [2.05, 4.69) is 44.8 Å². The number of aromatic amines is 1. The van der Waals surface area contributed by atoms with Crippen LogP contribution in [0.15, 0.2) is 108 Å². The molecule has 1 aromatic heterocycles. The SMILES string of the molecule is CN(CCNC[C@H](O)c1ccc(O)c2[nH]c(=O)ccc12)C(=O)CCc1ccc(CN2C[C@H]3CC(OC(=O)Nc4ccccc4-c4ccccc4)C[C@H]3C2)cc1. The van der Waals surface area contributed by atoms with Crippen LogP contribution in [0.3, 0.4) is 0 Å². The van der Waals surface area contributed by atoms with Crippen molar-refractivity contribution in [3.8, 4) is 16.9 Å². The number of aliphatic hydroxyl groups excluding tert-OH is 1. The number of nitrogens with one attached hydrogen (secondary N) is 3. The van der Waals surface area contributed by atoms with E-state index in [0.717, 1.165) is 54.9 Å². The first-order chi connectivity index (χ1) is 26.7. The number of likely N-dealkylation sites (tertiary alicyclic amines) is 1. The van der Waals surface area contributed by atoms with E-state index in [1.165, 1.54) is 17.7 Å². The lowest BCUT2D eigenvalue weighted by Crippen LogP contribution is -2.35. The summed E-state index contributed by atoms with van der Waals surface area (Å²) in [5.74, 6) is 1.04. The number of ether oxygens (including phenoxy) is 1. The normalized spacial score (nSPS) is 18.5. The molecule has 2 fully saturated rings. The number of phenols is 1. The fraction of sp³-hybridized carbons (Fsp3) is 0.341. The Kier molecular flexibility index (Phi) is 11.9. The predicted octanol–water partition coefficient (Wildman–Crippen LogP) is 6.07. The van der Waals surface area contributed by atoms with Crippen LogP contribution in [-0.2, 0) is 22.5 Å². The third-order valence-corrected chi connectivity index (χ3v) is 11.0. The van der Waals surface area contributed by atoms with Crippen LogP contribution in [-0.4, -0.2) is 82.9 Å². The number of hydrogen-bond donors (Lipinski definition) is 5. The number of aliphatic hydroxyl groups is 1. The Hall–Kier alpha value is -5.49. The Bertz CT molecular complexity index is 2140. The molecule has 11 nitrogen and oxygen atoms in total. The van der Waals surface area contributed by atoms with Crippen molar-refractivity contribution in [1.82, 2.24) is 20.1 Å². The van der Waals surface area contributed by atoms with E-state index in [4.69, 9.17) is 4.74 Å². The number of rotatable bonds is 14. The quantitative estimate of drug-likeness (QED) is 0.0862. The maximum atomic E-state index is 12.9. The molecule has 0 radical (unpaired) electrons. The molecule has 5 N–H and O–H groups in total. The lowest BCUT2D eigenvalue weighted by Gasteiger charge is -2.20. The van der Waals surface area contributed by atoms with Gasteiger partial charge < -0.3 is 30.2 Å².